The minimum atomic E-state index is -0.474. The van der Waals surface area contributed by atoms with E-state index in [2.05, 4.69) is 15.9 Å². The molecule has 0 aromatic heterocycles. The van der Waals surface area contributed by atoms with Crippen LogP contribution >= 0.6 is 15.9 Å². The molecule has 2 N–H and O–H groups in total. The van der Waals surface area contributed by atoms with Gasteiger partial charge in [-0.25, -0.2) is 0 Å². The quantitative estimate of drug-likeness (QED) is 0.907. The molecule has 4 nitrogen and oxygen atoms in total. The fourth-order valence-electron chi connectivity index (χ4n) is 2.26. The average Bonchev–Trinajstić information content (AvgIpc) is 2.38. The third-order valence-electron chi connectivity index (χ3n) is 3.20. The third-order valence-corrected chi connectivity index (χ3v) is 3.89. The third kappa shape index (κ3) is 2.56. The molecular weight excluding hydrogens is 296 g/mol. The molecule has 0 bridgehead atoms. The minimum Gasteiger partial charge on any atom is -0.368 e. The van der Waals surface area contributed by atoms with Crippen LogP contribution in [0.25, 0.3) is 0 Å². The summed E-state index contributed by atoms with van der Waals surface area (Å²) in [5.74, 6) is -0.555. The van der Waals surface area contributed by atoms with Crippen molar-refractivity contribution in [3.63, 3.8) is 0 Å². The van der Waals surface area contributed by atoms with Gasteiger partial charge in [-0.3, -0.25) is 9.59 Å². The second kappa shape index (κ2) is 5.52. The van der Waals surface area contributed by atoms with Crippen molar-refractivity contribution in [1.29, 1.82) is 0 Å². The highest BCUT2D eigenvalue weighted by atomic mass is 79.9. The largest absolute Gasteiger partial charge is 0.368 e. The van der Waals surface area contributed by atoms with Gasteiger partial charge in [-0.2, -0.15) is 0 Å². The number of hydrogen-bond donors (Lipinski definition) is 1. The Morgan fingerprint density at radius 1 is 1.28 bits per heavy atom. The van der Waals surface area contributed by atoms with Crippen molar-refractivity contribution in [3.8, 4) is 0 Å². The maximum absolute atomic E-state index is 12.4. The second-order valence-corrected chi connectivity index (χ2v) is 5.25. The smallest absolute Gasteiger partial charge is 0.255 e. The summed E-state index contributed by atoms with van der Waals surface area (Å²) >= 11 is 3.36. The van der Waals surface area contributed by atoms with Crippen LogP contribution in [0.2, 0.25) is 0 Å². The monoisotopic (exact) mass is 310 g/mol. The van der Waals surface area contributed by atoms with E-state index in [-0.39, 0.29) is 5.91 Å². The maximum Gasteiger partial charge on any atom is 0.255 e. The van der Waals surface area contributed by atoms with E-state index < -0.39 is 11.9 Å². The van der Waals surface area contributed by atoms with Crippen LogP contribution in [0.5, 0.6) is 0 Å². The zero-order chi connectivity index (χ0) is 13.1. The Balaban J connectivity index is 2.27. The Kier molecular flexibility index (Phi) is 4.01. The molecule has 96 valence electrons. The van der Waals surface area contributed by atoms with Crippen LogP contribution in [0.3, 0.4) is 0 Å². The van der Waals surface area contributed by atoms with Gasteiger partial charge in [0.1, 0.15) is 6.04 Å². The van der Waals surface area contributed by atoms with E-state index >= 15 is 0 Å². The van der Waals surface area contributed by atoms with Crippen molar-refractivity contribution in [2.45, 2.75) is 25.3 Å². The summed E-state index contributed by atoms with van der Waals surface area (Å²) in [4.78, 5) is 25.4. The first-order chi connectivity index (χ1) is 8.61. The van der Waals surface area contributed by atoms with Crippen molar-refractivity contribution in [2.24, 2.45) is 5.73 Å². The Labute approximate surface area is 114 Å². The molecule has 0 saturated carbocycles. The van der Waals surface area contributed by atoms with Crippen LogP contribution in [-0.4, -0.2) is 29.3 Å². The highest BCUT2D eigenvalue weighted by Gasteiger charge is 2.31. The topological polar surface area (TPSA) is 63.4 Å². The first kappa shape index (κ1) is 13.1. The van der Waals surface area contributed by atoms with Crippen molar-refractivity contribution in [2.75, 3.05) is 6.54 Å². The number of nitrogens with zero attached hydrogens (tertiary/aromatic N) is 1. The summed E-state index contributed by atoms with van der Waals surface area (Å²) in [5.41, 5.74) is 5.94. The van der Waals surface area contributed by atoms with Crippen LogP contribution in [0.15, 0.2) is 28.7 Å². The molecule has 2 rings (SSSR count). The number of piperidine rings is 1. The predicted octanol–water partition coefficient (Wildman–Crippen LogP) is 1.93. The number of primary amides is 1. The molecule has 1 fully saturated rings. The fraction of sp³-hybridized carbons (Fsp3) is 0.385. The molecule has 1 aromatic carbocycles. The summed E-state index contributed by atoms with van der Waals surface area (Å²) in [7, 11) is 0. The van der Waals surface area contributed by atoms with Gasteiger partial charge < -0.3 is 10.6 Å². The van der Waals surface area contributed by atoms with Crippen LogP contribution in [0.1, 0.15) is 29.6 Å². The van der Waals surface area contributed by atoms with Crippen molar-refractivity contribution >= 4 is 27.7 Å². The van der Waals surface area contributed by atoms with Gasteiger partial charge in [-0.1, -0.05) is 12.1 Å². The molecule has 1 aliphatic heterocycles. The highest BCUT2D eigenvalue weighted by Crippen LogP contribution is 2.23. The van der Waals surface area contributed by atoms with E-state index in [4.69, 9.17) is 5.73 Å². The normalized spacial score (nSPS) is 19.6. The molecule has 18 heavy (non-hydrogen) atoms. The molecule has 0 aliphatic carbocycles. The van der Waals surface area contributed by atoms with Gasteiger partial charge in [0.05, 0.1) is 5.56 Å². The number of halogens is 1. The molecule has 5 heteroatoms. The molecule has 2 amide bonds. The lowest BCUT2D eigenvalue weighted by Crippen LogP contribution is -2.50. The number of rotatable bonds is 2. The Bertz CT molecular complexity index is 476. The summed E-state index contributed by atoms with van der Waals surface area (Å²) < 4.78 is 0.740. The van der Waals surface area contributed by atoms with Gasteiger partial charge in [0.2, 0.25) is 5.91 Å². The predicted molar refractivity (Wildman–Crippen MR) is 72.0 cm³/mol. The van der Waals surface area contributed by atoms with Gasteiger partial charge in [0.15, 0.2) is 0 Å². The van der Waals surface area contributed by atoms with Gasteiger partial charge in [-0.05, 0) is 47.3 Å². The standard InChI is InChI=1S/C13H15BrN2O2/c14-10-6-2-1-5-9(10)13(18)16-8-4-3-7-11(16)12(15)17/h1-2,5-6,11H,3-4,7-8H2,(H2,15,17). The van der Waals surface area contributed by atoms with E-state index in [0.717, 1.165) is 17.3 Å². The highest BCUT2D eigenvalue weighted by molar-refractivity contribution is 9.10. The van der Waals surface area contributed by atoms with Crippen molar-refractivity contribution in [3.05, 3.63) is 34.3 Å². The van der Waals surface area contributed by atoms with E-state index in [1.165, 1.54) is 0 Å². The van der Waals surface area contributed by atoms with Gasteiger partial charge in [-0.15, -0.1) is 0 Å². The lowest BCUT2D eigenvalue weighted by molar-refractivity contribution is -0.123. The van der Waals surface area contributed by atoms with Crippen LogP contribution in [-0.2, 0) is 4.79 Å². The number of amides is 2. The number of nitrogens with two attached hydrogens (primary N) is 1. The molecule has 0 radical (unpaired) electrons. The minimum absolute atomic E-state index is 0.133. The Hall–Kier alpha value is -1.36. The van der Waals surface area contributed by atoms with Gasteiger partial charge in [0, 0.05) is 11.0 Å². The van der Waals surface area contributed by atoms with Crippen LogP contribution in [0.4, 0.5) is 0 Å². The molecule has 1 heterocycles. The average molecular weight is 311 g/mol. The van der Waals surface area contributed by atoms with E-state index in [9.17, 15) is 9.59 Å². The number of likely N-dealkylation sites (tertiary alicyclic amines) is 1. The van der Waals surface area contributed by atoms with Crippen LogP contribution in [0, 0.1) is 0 Å². The number of carbonyl (C=O) groups excluding carboxylic acids is 2. The molecule has 1 aliphatic rings. The summed E-state index contributed by atoms with van der Waals surface area (Å²) in [5, 5.41) is 0. The SMILES string of the molecule is NC(=O)C1CCCCN1C(=O)c1ccccc1Br. The molecule has 1 saturated heterocycles. The fourth-order valence-corrected chi connectivity index (χ4v) is 2.71. The van der Waals surface area contributed by atoms with E-state index in [1.54, 1.807) is 17.0 Å². The molecule has 1 atom stereocenters. The number of carbonyl (C=O) groups is 2. The number of hydrogen-bond acceptors (Lipinski definition) is 2. The molecular formula is C13H15BrN2O2. The number of benzene rings is 1. The Morgan fingerprint density at radius 3 is 2.67 bits per heavy atom. The maximum atomic E-state index is 12.4. The van der Waals surface area contributed by atoms with Crippen molar-refractivity contribution in [1.82, 2.24) is 4.90 Å². The molecule has 1 aromatic rings. The first-order valence-electron chi connectivity index (χ1n) is 5.96. The second-order valence-electron chi connectivity index (χ2n) is 4.39. The molecule has 1 unspecified atom stereocenters. The summed E-state index contributed by atoms with van der Waals surface area (Å²) in [6.07, 6.45) is 2.51. The zero-order valence-electron chi connectivity index (χ0n) is 9.93. The van der Waals surface area contributed by atoms with Gasteiger partial charge in [0.25, 0.3) is 5.91 Å². The van der Waals surface area contributed by atoms with E-state index in [0.29, 0.717) is 18.5 Å². The van der Waals surface area contributed by atoms with Crippen LogP contribution < -0.4 is 5.73 Å². The zero-order valence-corrected chi connectivity index (χ0v) is 11.5. The van der Waals surface area contributed by atoms with Crippen molar-refractivity contribution < 1.29 is 9.59 Å². The Morgan fingerprint density at radius 2 is 2.00 bits per heavy atom. The summed E-state index contributed by atoms with van der Waals surface area (Å²) in [6, 6.07) is 6.75. The summed E-state index contributed by atoms with van der Waals surface area (Å²) in [6.45, 7) is 0.591. The lowest BCUT2D eigenvalue weighted by atomic mass is 10.0. The van der Waals surface area contributed by atoms with E-state index in [1.807, 2.05) is 12.1 Å². The van der Waals surface area contributed by atoms with Gasteiger partial charge >= 0.3 is 0 Å². The lowest BCUT2D eigenvalue weighted by Gasteiger charge is -2.33. The molecule has 0 spiro atoms. The first-order valence-corrected chi connectivity index (χ1v) is 6.75.